The maximum Gasteiger partial charge on any atom is 0.276 e. The van der Waals surface area contributed by atoms with Crippen molar-refractivity contribution in [2.45, 2.75) is 17.5 Å². The van der Waals surface area contributed by atoms with Crippen LogP contribution in [0, 0.1) is 30.3 Å². The number of hydrogen-bond donors (Lipinski definition) is 0. The second-order valence-electron chi connectivity index (χ2n) is 7.34. The third-order valence-corrected chi connectivity index (χ3v) is 6.03. The highest BCUT2D eigenvalue weighted by atomic mass is 32.2. The summed E-state index contributed by atoms with van der Waals surface area (Å²) in [7, 11) is 0. The Hall–Kier alpha value is -4.65. The van der Waals surface area contributed by atoms with Crippen molar-refractivity contribution in [1.82, 2.24) is 14.8 Å². The molecule has 0 bridgehead atoms. The number of hydrogen-bond acceptors (Lipinski definition) is 9. The molecule has 35 heavy (non-hydrogen) atoms. The fourth-order valence-corrected chi connectivity index (χ4v) is 4.22. The van der Waals surface area contributed by atoms with Crippen LogP contribution in [0.5, 0.6) is 0 Å². The Labute approximate surface area is 201 Å². The molecule has 1 heterocycles. The van der Waals surface area contributed by atoms with Crippen LogP contribution < -0.4 is 0 Å². The summed E-state index contributed by atoms with van der Waals surface area (Å²) in [5.74, 6) is 0.659. The van der Waals surface area contributed by atoms with E-state index in [1.807, 2.05) is 34.9 Å². The fraction of sp³-hybridized carbons (Fsp3) is 0.0909. The zero-order chi connectivity index (χ0) is 24.9. The molecule has 0 atom stereocenters. The normalized spacial score (nSPS) is 10.7. The van der Waals surface area contributed by atoms with Gasteiger partial charge in [-0.15, -0.1) is 10.2 Å². The van der Waals surface area contributed by atoms with Gasteiger partial charge in [0.2, 0.25) is 0 Å². The lowest BCUT2D eigenvalue weighted by molar-refractivity contribution is -0.394. The minimum absolute atomic E-state index is 0.0512. The number of non-ortho nitro benzene ring substituents is 3. The Balaban J connectivity index is 1.68. The highest BCUT2D eigenvalue weighted by Gasteiger charge is 2.19. The minimum Gasteiger partial charge on any atom is -0.298 e. The summed E-state index contributed by atoms with van der Waals surface area (Å²) in [5.41, 5.74) is 1.19. The van der Waals surface area contributed by atoms with Gasteiger partial charge in [-0.3, -0.25) is 34.9 Å². The summed E-state index contributed by atoms with van der Waals surface area (Å²) < 4.78 is 1.83. The van der Waals surface area contributed by atoms with E-state index in [1.54, 1.807) is 12.1 Å². The van der Waals surface area contributed by atoms with Crippen molar-refractivity contribution in [3.8, 4) is 11.4 Å². The van der Waals surface area contributed by atoms with Gasteiger partial charge in [0.25, 0.3) is 17.1 Å². The first-order chi connectivity index (χ1) is 16.8. The minimum atomic E-state index is -0.675. The quantitative estimate of drug-likeness (QED) is 0.178. The molecule has 1 aromatic heterocycles. The number of benzene rings is 3. The summed E-state index contributed by atoms with van der Waals surface area (Å²) in [6.07, 6.45) is 0. The van der Waals surface area contributed by atoms with Gasteiger partial charge in [0.05, 0.1) is 27.4 Å². The summed E-state index contributed by atoms with van der Waals surface area (Å²) in [6, 6.07) is 18.9. The molecule has 0 fully saturated rings. The SMILES string of the molecule is O=[N+]([O-])c1ccc(-c2nnc(SCc3cc([N+](=O)[O-])cc([N+](=O)[O-])c3)n2Cc2ccccc2)cc1. The molecule has 0 unspecified atom stereocenters. The molecule has 12 nitrogen and oxygen atoms in total. The predicted octanol–water partition coefficient (Wildman–Crippen LogP) is 5.01. The number of aromatic nitrogens is 3. The molecule has 0 N–H and O–H groups in total. The summed E-state index contributed by atoms with van der Waals surface area (Å²) >= 11 is 1.22. The lowest BCUT2D eigenvalue weighted by atomic mass is 10.2. The summed E-state index contributed by atoms with van der Waals surface area (Å²) in [4.78, 5) is 31.5. The number of nitro groups is 3. The fourth-order valence-electron chi connectivity index (χ4n) is 3.35. The zero-order valence-electron chi connectivity index (χ0n) is 17.9. The van der Waals surface area contributed by atoms with Gasteiger partial charge in [0.15, 0.2) is 11.0 Å². The predicted molar refractivity (Wildman–Crippen MR) is 127 cm³/mol. The molecule has 0 aliphatic heterocycles. The first-order valence-electron chi connectivity index (χ1n) is 10.1. The molecule has 0 aliphatic rings. The zero-order valence-corrected chi connectivity index (χ0v) is 18.7. The summed E-state index contributed by atoms with van der Waals surface area (Å²) in [6.45, 7) is 0.400. The second kappa shape index (κ2) is 10.1. The van der Waals surface area contributed by atoms with Crippen molar-refractivity contribution in [3.05, 3.63) is 114 Å². The van der Waals surface area contributed by atoms with Gasteiger partial charge in [0.1, 0.15) is 0 Å². The van der Waals surface area contributed by atoms with E-state index >= 15 is 0 Å². The van der Waals surface area contributed by atoms with Crippen molar-refractivity contribution in [2.24, 2.45) is 0 Å². The Morgan fingerprint density at radius 1 is 0.714 bits per heavy atom. The highest BCUT2D eigenvalue weighted by Crippen LogP contribution is 2.31. The van der Waals surface area contributed by atoms with Gasteiger partial charge in [-0.1, -0.05) is 42.1 Å². The van der Waals surface area contributed by atoms with E-state index < -0.39 is 14.8 Å². The van der Waals surface area contributed by atoms with Crippen LogP contribution in [0.15, 0.2) is 78.0 Å². The maximum absolute atomic E-state index is 11.2. The highest BCUT2D eigenvalue weighted by molar-refractivity contribution is 7.98. The van der Waals surface area contributed by atoms with Crippen LogP contribution >= 0.6 is 11.8 Å². The van der Waals surface area contributed by atoms with Crippen molar-refractivity contribution in [2.75, 3.05) is 0 Å². The van der Waals surface area contributed by atoms with Crippen LogP contribution in [0.3, 0.4) is 0 Å². The first kappa shape index (κ1) is 23.5. The van der Waals surface area contributed by atoms with E-state index in [1.165, 1.54) is 36.0 Å². The van der Waals surface area contributed by atoms with Crippen molar-refractivity contribution < 1.29 is 14.8 Å². The topological polar surface area (TPSA) is 160 Å². The molecule has 13 heteroatoms. The number of nitrogens with zero attached hydrogens (tertiary/aromatic N) is 6. The lowest BCUT2D eigenvalue weighted by Crippen LogP contribution is -2.04. The third kappa shape index (κ3) is 5.47. The Morgan fingerprint density at radius 3 is 1.89 bits per heavy atom. The number of nitro benzene ring substituents is 3. The Kier molecular flexibility index (Phi) is 6.78. The molecule has 176 valence electrons. The second-order valence-corrected chi connectivity index (χ2v) is 8.28. The largest absolute Gasteiger partial charge is 0.298 e. The lowest BCUT2D eigenvalue weighted by Gasteiger charge is -2.11. The molecule has 0 saturated heterocycles. The van der Waals surface area contributed by atoms with Crippen molar-refractivity contribution in [1.29, 1.82) is 0 Å². The van der Waals surface area contributed by atoms with Gasteiger partial charge in [-0.05, 0) is 23.3 Å². The third-order valence-electron chi connectivity index (χ3n) is 4.99. The van der Waals surface area contributed by atoms with E-state index in [9.17, 15) is 30.3 Å². The molecule has 0 spiro atoms. The van der Waals surface area contributed by atoms with Gasteiger partial charge in [0, 0.05) is 35.6 Å². The van der Waals surface area contributed by atoms with Crippen molar-refractivity contribution in [3.63, 3.8) is 0 Å². The smallest absolute Gasteiger partial charge is 0.276 e. The molecular formula is C22H16N6O6S. The molecule has 3 aromatic carbocycles. The molecule has 0 aliphatic carbocycles. The number of rotatable bonds is 9. The number of thioether (sulfide) groups is 1. The first-order valence-corrected chi connectivity index (χ1v) is 11.1. The molecule has 4 aromatic rings. The standard InChI is InChI=1S/C22H16N6O6S/c29-26(30)18-8-6-17(7-9-18)21-23-24-22(25(21)13-15-4-2-1-3-5-15)35-14-16-10-19(27(31)32)12-20(11-16)28(33)34/h1-12H,13-14H2. The summed E-state index contributed by atoms with van der Waals surface area (Å²) in [5, 5.41) is 42.4. The monoisotopic (exact) mass is 492 g/mol. The van der Waals surface area contributed by atoms with Crippen LogP contribution in [0.4, 0.5) is 17.1 Å². The van der Waals surface area contributed by atoms with Crippen LogP contribution in [0.25, 0.3) is 11.4 Å². The van der Waals surface area contributed by atoms with E-state index in [2.05, 4.69) is 10.2 Å². The maximum atomic E-state index is 11.2. The van der Waals surface area contributed by atoms with Gasteiger partial charge >= 0.3 is 0 Å². The Bertz CT molecular complexity index is 1380. The molecule has 0 amide bonds. The van der Waals surface area contributed by atoms with Crippen LogP contribution in [-0.2, 0) is 12.3 Å². The molecule has 0 saturated carbocycles. The van der Waals surface area contributed by atoms with Crippen molar-refractivity contribution >= 4 is 28.8 Å². The van der Waals surface area contributed by atoms with Gasteiger partial charge in [-0.2, -0.15) is 0 Å². The average molecular weight is 492 g/mol. The van der Waals surface area contributed by atoms with Gasteiger partial charge in [-0.25, -0.2) is 0 Å². The van der Waals surface area contributed by atoms with E-state index in [0.29, 0.717) is 28.7 Å². The van der Waals surface area contributed by atoms with Crippen LogP contribution in [-0.4, -0.2) is 29.5 Å². The Morgan fingerprint density at radius 2 is 1.31 bits per heavy atom. The van der Waals surface area contributed by atoms with Crippen LogP contribution in [0.2, 0.25) is 0 Å². The molecule has 0 radical (unpaired) electrons. The van der Waals surface area contributed by atoms with E-state index in [0.717, 1.165) is 11.6 Å². The molecule has 4 rings (SSSR count). The van der Waals surface area contributed by atoms with Crippen LogP contribution in [0.1, 0.15) is 11.1 Å². The van der Waals surface area contributed by atoms with E-state index in [4.69, 9.17) is 0 Å². The van der Waals surface area contributed by atoms with E-state index in [-0.39, 0.29) is 22.8 Å². The van der Waals surface area contributed by atoms with Gasteiger partial charge < -0.3 is 0 Å². The molecular weight excluding hydrogens is 476 g/mol. The average Bonchev–Trinajstić information content (AvgIpc) is 3.25.